The lowest BCUT2D eigenvalue weighted by Crippen LogP contribution is -2.49. The number of benzene rings is 1. The van der Waals surface area contributed by atoms with Crippen molar-refractivity contribution in [1.29, 1.82) is 0 Å². The van der Waals surface area contributed by atoms with Gasteiger partial charge in [0.25, 0.3) is 5.69 Å². The molecule has 0 spiro atoms. The summed E-state index contributed by atoms with van der Waals surface area (Å²) < 4.78 is 138. The van der Waals surface area contributed by atoms with Gasteiger partial charge in [0, 0.05) is 17.0 Å². The Morgan fingerprint density at radius 1 is 1.18 bits per heavy atom. The lowest BCUT2D eigenvalue weighted by Gasteiger charge is -2.27. The minimum Gasteiger partial charge on any atom is -0.351 e. The van der Waals surface area contributed by atoms with Crippen molar-refractivity contribution in [3.63, 3.8) is 0 Å². The average Bonchev–Trinajstić information content (AvgIpc) is 2.97. The van der Waals surface area contributed by atoms with E-state index in [1.807, 2.05) is 0 Å². The Morgan fingerprint density at radius 2 is 1.76 bits per heavy atom. The molecule has 1 fully saturated rings. The summed E-state index contributed by atoms with van der Waals surface area (Å²) in [5.74, 6) is -9.88. The molecule has 192 valence electrons. The van der Waals surface area contributed by atoms with E-state index in [2.05, 4.69) is 5.32 Å². The van der Waals surface area contributed by atoms with E-state index >= 15 is 0 Å². The number of nitrogens with one attached hydrogen (secondary N) is 1. The van der Waals surface area contributed by atoms with Gasteiger partial charge >= 0.3 is 17.4 Å². The Kier molecular flexibility index (Phi) is 7.55. The quantitative estimate of drug-likeness (QED) is 0.221. The molecule has 19 heteroatoms. The van der Waals surface area contributed by atoms with Crippen LogP contribution in [0.3, 0.4) is 0 Å². The van der Waals surface area contributed by atoms with Crippen LogP contribution in [0.1, 0.15) is 6.42 Å². The smallest absolute Gasteiger partial charge is 0.351 e. The van der Waals surface area contributed by atoms with Crippen LogP contribution >= 0.6 is 11.8 Å². The van der Waals surface area contributed by atoms with Gasteiger partial charge in [0.05, 0.1) is 16.4 Å². The van der Waals surface area contributed by atoms with Gasteiger partial charge < -0.3 is 5.32 Å². The van der Waals surface area contributed by atoms with Crippen LogP contribution in [0.2, 0.25) is 0 Å². The third-order valence-electron chi connectivity index (χ3n) is 4.35. The number of hydrogen-bond acceptors (Lipinski definition) is 8. The molecule has 1 aliphatic rings. The first-order valence-corrected chi connectivity index (χ1v) is 13.0. The van der Waals surface area contributed by atoms with Gasteiger partial charge in [-0.2, -0.15) is 30.7 Å². The second kappa shape index (κ2) is 9.14. The van der Waals surface area contributed by atoms with E-state index in [1.54, 1.807) is 0 Å². The number of hydrogen-bond donors (Lipinski definition) is 1. The van der Waals surface area contributed by atoms with Crippen molar-refractivity contribution in [2.45, 2.75) is 39.6 Å². The topological polar surface area (TPSA) is 141 Å². The fourth-order valence-electron chi connectivity index (χ4n) is 2.77. The van der Waals surface area contributed by atoms with Crippen LogP contribution in [0.25, 0.3) is 0 Å². The highest BCUT2D eigenvalue weighted by Crippen LogP contribution is 2.54. The van der Waals surface area contributed by atoms with E-state index in [0.29, 0.717) is 12.1 Å². The molecular weight excluding hydrogens is 549 g/mol. The molecule has 1 N–H and O–H groups in total. The van der Waals surface area contributed by atoms with E-state index in [1.165, 1.54) is 0 Å². The summed E-state index contributed by atoms with van der Waals surface area (Å²) in [6.07, 6.45) is -6.65. The molecule has 1 unspecified atom stereocenters. The van der Waals surface area contributed by atoms with Crippen LogP contribution in [0.15, 0.2) is 28.0 Å². The lowest BCUT2D eigenvalue weighted by molar-refractivity contribution is -0.388. The standard InChI is InChI=1S/C15H13F7N2O7S3/c16-13(17,14(18,19)20)15(21,22)32-9-1-2-11(10(5-9)24(26)27)34(30,31)7-12(25)23-8-3-4-33(28,29)6-8/h1-2,5,8H,3-4,6-7H2,(H,23,25). The molecule has 1 aromatic carbocycles. The van der Waals surface area contributed by atoms with Crippen molar-refractivity contribution in [1.82, 2.24) is 5.32 Å². The zero-order valence-electron chi connectivity index (χ0n) is 16.3. The molecule has 0 bridgehead atoms. The number of carbonyl (C=O) groups is 1. The first kappa shape index (κ1) is 28.1. The van der Waals surface area contributed by atoms with Gasteiger partial charge in [-0.05, 0) is 30.3 Å². The Labute approximate surface area is 191 Å². The van der Waals surface area contributed by atoms with Crippen molar-refractivity contribution in [2.75, 3.05) is 17.3 Å². The number of sulfone groups is 2. The lowest BCUT2D eigenvalue weighted by atomic mass is 10.3. The first-order valence-electron chi connectivity index (χ1n) is 8.71. The second-order valence-corrected chi connectivity index (χ2v) is 12.4. The van der Waals surface area contributed by atoms with E-state index in [0.717, 1.165) is 0 Å². The Morgan fingerprint density at radius 3 is 2.24 bits per heavy atom. The van der Waals surface area contributed by atoms with Crippen molar-refractivity contribution in [3.8, 4) is 0 Å². The predicted octanol–water partition coefficient (Wildman–Crippen LogP) is 2.55. The fourth-order valence-corrected chi connectivity index (χ4v) is 6.60. The van der Waals surface area contributed by atoms with Gasteiger partial charge in [-0.1, -0.05) is 0 Å². The molecule has 0 aromatic heterocycles. The maximum atomic E-state index is 13.6. The van der Waals surface area contributed by atoms with Gasteiger partial charge in [-0.25, -0.2) is 16.8 Å². The molecule has 1 amide bonds. The number of nitrogens with zero attached hydrogens (tertiary/aromatic N) is 1. The Bertz CT molecular complexity index is 1200. The van der Waals surface area contributed by atoms with E-state index < -0.39 is 92.6 Å². The summed E-state index contributed by atoms with van der Waals surface area (Å²) in [4.78, 5) is 19.4. The number of rotatable bonds is 8. The minimum atomic E-state index is -6.65. The van der Waals surface area contributed by atoms with E-state index in [-0.39, 0.29) is 18.2 Å². The summed E-state index contributed by atoms with van der Waals surface area (Å²) in [5, 5.41) is 7.54. The van der Waals surface area contributed by atoms with Crippen LogP contribution in [0.4, 0.5) is 36.4 Å². The summed E-state index contributed by atoms with van der Waals surface area (Å²) >= 11 is -1.37. The van der Waals surface area contributed by atoms with Crippen LogP contribution in [-0.4, -0.2) is 68.3 Å². The van der Waals surface area contributed by atoms with Crippen LogP contribution in [-0.2, 0) is 24.5 Å². The van der Waals surface area contributed by atoms with Crippen molar-refractivity contribution < 1.29 is 57.3 Å². The van der Waals surface area contributed by atoms with Crippen molar-refractivity contribution in [2.24, 2.45) is 0 Å². The van der Waals surface area contributed by atoms with Gasteiger partial charge in [0.1, 0.15) is 10.6 Å². The normalized spacial score (nSPS) is 19.1. The molecule has 34 heavy (non-hydrogen) atoms. The number of nitro benzene ring substituents is 1. The number of alkyl halides is 7. The van der Waals surface area contributed by atoms with Crippen molar-refractivity contribution >= 4 is 43.0 Å². The number of carbonyl (C=O) groups excluding carboxylic acids is 1. The van der Waals surface area contributed by atoms with Gasteiger partial charge in [0.2, 0.25) is 5.91 Å². The molecule has 0 aliphatic carbocycles. The number of halogens is 7. The van der Waals surface area contributed by atoms with Crippen LogP contribution < -0.4 is 5.32 Å². The van der Waals surface area contributed by atoms with E-state index in [9.17, 15) is 62.5 Å². The summed E-state index contributed by atoms with van der Waals surface area (Å²) in [7, 11) is -8.28. The molecule has 2 rings (SSSR count). The molecule has 1 atom stereocenters. The predicted molar refractivity (Wildman–Crippen MR) is 102 cm³/mol. The largest absolute Gasteiger partial charge is 0.460 e. The molecule has 0 radical (unpaired) electrons. The zero-order valence-corrected chi connectivity index (χ0v) is 18.8. The highest BCUT2D eigenvalue weighted by atomic mass is 32.2. The second-order valence-electron chi connectivity index (χ2n) is 7.00. The maximum absolute atomic E-state index is 13.6. The monoisotopic (exact) mass is 562 g/mol. The molecule has 0 saturated carbocycles. The molecule has 1 saturated heterocycles. The fraction of sp³-hybridized carbons (Fsp3) is 0.533. The molecular formula is C15H13F7N2O7S3. The molecule has 1 aromatic rings. The minimum absolute atomic E-state index is 0.00302. The summed E-state index contributed by atoms with van der Waals surface area (Å²) in [6, 6.07) is -0.199. The summed E-state index contributed by atoms with van der Waals surface area (Å²) in [6.45, 7) is 0. The first-order chi connectivity index (χ1) is 15.2. The third kappa shape index (κ3) is 6.09. The zero-order chi connectivity index (χ0) is 26.3. The molecule has 1 aliphatic heterocycles. The van der Waals surface area contributed by atoms with E-state index in [4.69, 9.17) is 0 Å². The highest BCUT2D eigenvalue weighted by Gasteiger charge is 2.73. The number of thioether (sulfide) groups is 1. The third-order valence-corrected chi connectivity index (χ3v) is 8.78. The average molecular weight is 562 g/mol. The van der Waals surface area contributed by atoms with Gasteiger partial charge in [-0.3, -0.25) is 14.9 Å². The number of nitro groups is 1. The van der Waals surface area contributed by atoms with Crippen LogP contribution in [0, 0.1) is 10.1 Å². The highest BCUT2D eigenvalue weighted by molar-refractivity contribution is 8.00. The van der Waals surface area contributed by atoms with Crippen molar-refractivity contribution in [3.05, 3.63) is 28.3 Å². The van der Waals surface area contributed by atoms with Gasteiger partial charge in [-0.15, -0.1) is 0 Å². The molecule has 1 heterocycles. The Balaban J connectivity index is 2.29. The maximum Gasteiger partial charge on any atom is 0.460 e. The molecule has 9 nitrogen and oxygen atoms in total. The Hall–Kier alpha value is -2.15. The van der Waals surface area contributed by atoms with Crippen LogP contribution in [0.5, 0.6) is 0 Å². The summed E-state index contributed by atoms with van der Waals surface area (Å²) in [5.41, 5.74) is -1.45. The van der Waals surface area contributed by atoms with Gasteiger partial charge in [0.15, 0.2) is 19.7 Å². The SMILES string of the molecule is O=C(CS(=O)(=O)c1ccc(SC(F)(F)C(F)(F)C(F)(F)F)cc1[N+](=O)[O-])NC1CCS(=O)(=O)C1. The number of amides is 1.